The first kappa shape index (κ1) is 48.0. The zero-order valence-corrected chi connectivity index (χ0v) is 9.18. The van der Waals surface area contributed by atoms with Crippen molar-refractivity contribution in [3.05, 3.63) is 0 Å². The van der Waals surface area contributed by atoms with E-state index < -0.39 is 0 Å². The molecule has 0 spiro atoms. The van der Waals surface area contributed by atoms with Crippen LogP contribution < -0.4 is 59.1 Å². The Labute approximate surface area is 90.1 Å². The minimum atomic E-state index is 0. The molecule has 0 saturated carbocycles. The van der Waals surface area contributed by atoms with Crippen LogP contribution in [0.3, 0.4) is 0 Å². The fourth-order valence-electron chi connectivity index (χ4n) is 0. The molecule has 0 fully saturated rings. The van der Waals surface area contributed by atoms with Crippen LogP contribution in [-0.4, -0.2) is 5.48 Å². The number of hydrogen-bond acceptors (Lipinski definition) is 2. The third-order valence-electron chi connectivity index (χ3n) is 0. The summed E-state index contributed by atoms with van der Waals surface area (Å²) in [6, 6.07) is 0. The molecular weight excluding hydrogens is 126 g/mol. The van der Waals surface area contributed by atoms with Crippen LogP contribution in [0, 0.1) is 0 Å². The summed E-state index contributed by atoms with van der Waals surface area (Å²) in [6.07, 6.45) is 0. The van der Waals surface area contributed by atoms with Crippen molar-refractivity contribution in [2.24, 2.45) is 0 Å². The Morgan fingerprint density at radius 3 is 0.600 bits per heavy atom. The minimum absolute atomic E-state index is 0. The van der Waals surface area contributed by atoms with Gasteiger partial charge in [-0.1, -0.05) is 0 Å². The van der Waals surface area contributed by atoms with E-state index in [-0.39, 0.29) is 91.6 Å². The van der Waals surface area contributed by atoms with Gasteiger partial charge in [0.1, 0.15) is 0 Å². The Balaban J connectivity index is 0. The van der Waals surface area contributed by atoms with E-state index in [1.807, 2.05) is 0 Å². The molecule has 0 aliphatic rings. The van der Waals surface area contributed by atoms with Crippen molar-refractivity contribution in [3.8, 4) is 0 Å². The Kier molecular flexibility index (Phi) is 290. The van der Waals surface area contributed by atoms with Crippen molar-refractivity contribution in [1.82, 2.24) is 0 Å². The predicted octanol–water partition coefficient (Wildman–Crippen LogP) is -7.36. The van der Waals surface area contributed by atoms with Gasteiger partial charge in [0.2, 0.25) is 0 Å². The van der Waals surface area contributed by atoms with Gasteiger partial charge in [-0.15, -0.1) is 0 Å². The zero-order valence-electron chi connectivity index (χ0n) is 3.39. The Bertz CT molecular complexity index is 7.61. The average Bonchev–Trinajstić information content (AvgIpc) is 0. The van der Waals surface area contributed by atoms with Crippen LogP contribution >= 0.6 is 0 Å². The van der Waals surface area contributed by atoms with Crippen molar-refractivity contribution < 1.29 is 64.6 Å². The molecule has 0 aliphatic heterocycles. The number of thiol groups is 2. The van der Waals surface area contributed by atoms with Gasteiger partial charge in [0.05, 0.1) is 0 Å². The van der Waals surface area contributed by atoms with E-state index in [1.54, 1.807) is 0 Å². The first-order valence-electron chi connectivity index (χ1n) is 0. The molecule has 0 aliphatic carbocycles. The SMILES string of the molecule is O.[Na+].[Na+].[SH-].[SH-]. The van der Waals surface area contributed by atoms with Gasteiger partial charge < -0.3 is 32.5 Å². The van der Waals surface area contributed by atoms with Crippen LogP contribution in [0.1, 0.15) is 0 Å². The van der Waals surface area contributed by atoms with Crippen LogP contribution in [0.25, 0.3) is 0 Å². The molecule has 0 heterocycles. The molecule has 0 unspecified atom stereocenters. The van der Waals surface area contributed by atoms with Crippen molar-refractivity contribution >= 4 is 27.0 Å². The van der Waals surface area contributed by atoms with Crippen molar-refractivity contribution in [2.75, 3.05) is 0 Å². The average molecular weight is 130 g/mol. The molecule has 5 heteroatoms. The van der Waals surface area contributed by atoms with E-state index in [9.17, 15) is 0 Å². The van der Waals surface area contributed by atoms with E-state index >= 15 is 0 Å². The minimum Gasteiger partial charge on any atom is -0.813 e. The zero-order chi connectivity index (χ0) is 0. The Morgan fingerprint density at radius 1 is 0.600 bits per heavy atom. The van der Waals surface area contributed by atoms with Crippen LogP contribution in [0.4, 0.5) is 0 Å². The summed E-state index contributed by atoms with van der Waals surface area (Å²) in [5.41, 5.74) is 0. The first-order valence-corrected chi connectivity index (χ1v) is 0. The van der Waals surface area contributed by atoms with Crippen molar-refractivity contribution in [1.29, 1.82) is 0 Å². The van der Waals surface area contributed by atoms with E-state index in [0.717, 1.165) is 0 Å². The third-order valence-corrected chi connectivity index (χ3v) is 0. The van der Waals surface area contributed by atoms with Gasteiger partial charge in [-0.25, -0.2) is 0 Å². The second-order valence-corrected chi connectivity index (χ2v) is 0. The maximum Gasteiger partial charge on any atom is 1.00 e. The molecule has 0 aromatic carbocycles. The standard InChI is InChI=1S/2Na.H2O.2H2S/h;;3*1H2/q2*+1;;;/p-2. The summed E-state index contributed by atoms with van der Waals surface area (Å²) in [4.78, 5) is 0. The summed E-state index contributed by atoms with van der Waals surface area (Å²) in [7, 11) is 0. The van der Waals surface area contributed by atoms with E-state index in [1.165, 1.54) is 0 Å². The normalized spacial score (nSPS) is 0. The van der Waals surface area contributed by atoms with Gasteiger partial charge >= 0.3 is 59.1 Å². The van der Waals surface area contributed by atoms with Crippen molar-refractivity contribution in [3.63, 3.8) is 0 Å². The van der Waals surface area contributed by atoms with E-state index in [0.29, 0.717) is 0 Å². The quantitative estimate of drug-likeness (QED) is 0.185. The van der Waals surface area contributed by atoms with Crippen LogP contribution in [-0.2, 0) is 27.0 Å². The number of hydrogen-bond donors (Lipinski definition) is 0. The molecule has 5 heavy (non-hydrogen) atoms. The van der Waals surface area contributed by atoms with Gasteiger partial charge in [-0.2, -0.15) is 0 Å². The van der Waals surface area contributed by atoms with Gasteiger partial charge in [0, 0.05) is 0 Å². The smallest absolute Gasteiger partial charge is 0.813 e. The van der Waals surface area contributed by atoms with E-state index in [4.69, 9.17) is 0 Å². The molecular formula is H4Na2OS2. The van der Waals surface area contributed by atoms with Crippen LogP contribution in [0.2, 0.25) is 0 Å². The second kappa shape index (κ2) is 30.2. The maximum absolute atomic E-state index is 0. The molecule has 0 radical (unpaired) electrons. The molecule has 0 amide bonds. The molecule has 0 saturated heterocycles. The van der Waals surface area contributed by atoms with Gasteiger partial charge in [-0.3, -0.25) is 0 Å². The number of rotatable bonds is 0. The largest absolute Gasteiger partial charge is 1.00 e. The third kappa shape index (κ3) is 20.4. The summed E-state index contributed by atoms with van der Waals surface area (Å²) in [5, 5.41) is 0. The molecule has 24 valence electrons. The predicted molar refractivity (Wildman–Crippen MR) is 21.1 cm³/mol. The van der Waals surface area contributed by atoms with Gasteiger partial charge in [-0.05, 0) is 0 Å². The van der Waals surface area contributed by atoms with Gasteiger partial charge in [0.25, 0.3) is 0 Å². The fraction of sp³-hybridized carbons (Fsp3) is 0. The topological polar surface area (TPSA) is 31.5 Å². The van der Waals surface area contributed by atoms with E-state index in [2.05, 4.69) is 0 Å². The Morgan fingerprint density at radius 2 is 0.600 bits per heavy atom. The molecule has 0 aromatic heterocycles. The van der Waals surface area contributed by atoms with Crippen LogP contribution in [0.5, 0.6) is 0 Å². The van der Waals surface area contributed by atoms with Crippen LogP contribution in [0.15, 0.2) is 0 Å². The summed E-state index contributed by atoms with van der Waals surface area (Å²) >= 11 is 0. The fourth-order valence-corrected chi connectivity index (χ4v) is 0. The van der Waals surface area contributed by atoms with Crippen molar-refractivity contribution in [2.45, 2.75) is 0 Å². The Hall–Kier alpha value is 2.66. The summed E-state index contributed by atoms with van der Waals surface area (Å²) in [6.45, 7) is 0. The molecule has 0 atom stereocenters. The molecule has 2 N–H and O–H groups in total. The first-order chi connectivity index (χ1) is 0. The second-order valence-electron chi connectivity index (χ2n) is 0. The summed E-state index contributed by atoms with van der Waals surface area (Å²) < 4.78 is 0. The molecule has 0 rings (SSSR count). The molecule has 1 nitrogen and oxygen atoms in total. The monoisotopic (exact) mass is 130 g/mol. The summed E-state index contributed by atoms with van der Waals surface area (Å²) in [5.74, 6) is 0. The maximum atomic E-state index is 0. The molecule has 0 aromatic rings. The van der Waals surface area contributed by atoms with Gasteiger partial charge in [0.15, 0.2) is 0 Å². The molecule has 0 bridgehead atoms.